The maximum absolute atomic E-state index is 12.8. The Morgan fingerprint density at radius 2 is 2.12 bits per heavy atom. The number of hydrogen-bond donors (Lipinski definition) is 2. The topological polar surface area (TPSA) is 61.4 Å². The van der Waals surface area contributed by atoms with E-state index in [2.05, 4.69) is 22.1 Å². The summed E-state index contributed by atoms with van der Waals surface area (Å²) >= 11 is 1.58. The minimum Gasteiger partial charge on any atom is -0.355 e. The first-order valence-electron chi connectivity index (χ1n) is 8.68. The standard InChI is InChI=1S/C18H25N3O2S/c1-3-10-21-11-6-8-13(21)16(22)20-18-15(17(23)19-2)12-7-4-5-9-14(12)24-18/h3,13H,1,4-11H2,2H3,(H,19,23)(H,20,22)/t13-/m1/s1. The average molecular weight is 347 g/mol. The van der Waals surface area contributed by atoms with Gasteiger partial charge in [-0.15, -0.1) is 17.9 Å². The summed E-state index contributed by atoms with van der Waals surface area (Å²) in [5.74, 6) is -0.0998. The number of amides is 2. The quantitative estimate of drug-likeness (QED) is 0.805. The second-order valence-corrected chi connectivity index (χ2v) is 7.53. The van der Waals surface area contributed by atoms with Crippen LogP contribution in [0.25, 0.3) is 0 Å². The van der Waals surface area contributed by atoms with E-state index < -0.39 is 0 Å². The van der Waals surface area contributed by atoms with E-state index in [-0.39, 0.29) is 17.9 Å². The van der Waals surface area contributed by atoms with Crippen molar-refractivity contribution < 1.29 is 9.59 Å². The maximum atomic E-state index is 12.8. The minimum atomic E-state index is -0.125. The number of nitrogens with one attached hydrogen (secondary N) is 2. The highest BCUT2D eigenvalue weighted by Crippen LogP contribution is 2.38. The van der Waals surface area contributed by atoms with Crippen molar-refractivity contribution in [2.45, 2.75) is 44.6 Å². The Kier molecular flexibility index (Phi) is 5.36. The van der Waals surface area contributed by atoms with Crippen molar-refractivity contribution >= 4 is 28.2 Å². The Hall–Kier alpha value is -1.66. The van der Waals surface area contributed by atoms with Crippen molar-refractivity contribution in [2.75, 3.05) is 25.5 Å². The number of thiophene rings is 1. The Bertz CT molecular complexity index is 653. The largest absolute Gasteiger partial charge is 0.355 e. The van der Waals surface area contributed by atoms with Gasteiger partial charge < -0.3 is 10.6 Å². The summed E-state index contributed by atoms with van der Waals surface area (Å²) in [5, 5.41) is 6.50. The lowest BCUT2D eigenvalue weighted by molar-refractivity contribution is -0.120. The number of carbonyl (C=O) groups is 2. The van der Waals surface area contributed by atoms with Gasteiger partial charge in [-0.05, 0) is 50.6 Å². The molecule has 2 heterocycles. The molecule has 1 saturated heterocycles. The summed E-state index contributed by atoms with van der Waals surface area (Å²) in [6.45, 7) is 5.42. The Balaban J connectivity index is 1.84. The summed E-state index contributed by atoms with van der Waals surface area (Å²) in [6.07, 6.45) is 7.92. The molecule has 1 aliphatic heterocycles. The molecule has 2 aliphatic rings. The summed E-state index contributed by atoms with van der Waals surface area (Å²) in [7, 11) is 1.64. The molecule has 0 radical (unpaired) electrons. The van der Waals surface area contributed by atoms with Gasteiger partial charge in [0.1, 0.15) is 5.00 Å². The molecule has 3 rings (SSSR count). The van der Waals surface area contributed by atoms with E-state index in [1.165, 1.54) is 4.88 Å². The number of rotatable bonds is 5. The normalized spacial score (nSPS) is 20.5. The fourth-order valence-electron chi connectivity index (χ4n) is 3.72. The number of hydrogen-bond acceptors (Lipinski definition) is 4. The van der Waals surface area contributed by atoms with Crippen molar-refractivity contribution in [3.05, 3.63) is 28.7 Å². The maximum Gasteiger partial charge on any atom is 0.254 e. The zero-order valence-electron chi connectivity index (χ0n) is 14.2. The van der Waals surface area contributed by atoms with Crippen LogP contribution in [-0.4, -0.2) is 42.9 Å². The van der Waals surface area contributed by atoms with Crippen LogP contribution in [0.1, 0.15) is 46.5 Å². The number of likely N-dealkylation sites (tertiary alicyclic amines) is 1. The first kappa shape index (κ1) is 17.2. The van der Waals surface area contributed by atoms with E-state index in [0.717, 1.165) is 62.2 Å². The van der Waals surface area contributed by atoms with Gasteiger partial charge in [0.15, 0.2) is 0 Å². The highest BCUT2D eigenvalue weighted by Gasteiger charge is 2.32. The highest BCUT2D eigenvalue weighted by molar-refractivity contribution is 7.17. The molecule has 1 aromatic rings. The van der Waals surface area contributed by atoms with Gasteiger partial charge in [0.2, 0.25) is 5.91 Å². The minimum absolute atomic E-state index is 0.00176. The summed E-state index contributed by atoms with van der Waals surface area (Å²) < 4.78 is 0. The molecule has 0 bridgehead atoms. The van der Waals surface area contributed by atoms with Crippen LogP contribution in [0.3, 0.4) is 0 Å². The van der Waals surface area contributed by atoms with Crippen LogP contribution in [0.4, 0.5) is 5.00 Å². The van der Waals surface area contributed by atoms with Gasteiger partial charge in [-0.3, -0.25) is 14.5 Å². The molecule has 2 N–H and O–H groups in total. The van der Waals surface area contributed by atoms with Crippen LogP contribution in [0.2, 0.25) is 0 Å². The average Bonchev–Trinajstić information content (AvgIpc) is 3.18. The molecule has 0 unspecified atom stereocenters. The number of nitrogens with zero attached hydrogens (tertiary/aromatic N) is 1. The van der Waals surface area contributed by atoms with Crippen molar-refractivity contribution in [3.63, 3.8) is 0 Å². The molecule has 1 atom stereocenters. The molecule has 0 spiro atoms. The number of carbonyl (C=O) groups excluding carboxylic acids is 2. The van der Waals surface area contributed by atoms with Gasteiger partial charge >= 0.3 is 0 Å². The van der Waals surface area contributed by atoms with Crippen molar-refractivity contribution in [3.8, 4) is 0 Å². The predicted molar refractivity (Wildman–Crippen MR) is 97.8 cm³/mol. The van der Waals surface area contributed by atoms with Gasteiger partial charge in [0.05, 0.1) is 11.6 Å². The molecule has 0 aromatic carbocycles. The third-order valence-corrected chi connectivity index (χ3v) is 6.10. The lowest BCUT2D eigenvalue weighted by atomic mass is 9.95. The van der Waals surface area contributed by atoms with E-state index >= 15 is 0 Å². The third-order valence-electron chi connectivity index (χ3n) is 4.89. The van der Waals surface area contributed by atoms with E-state index in [4.69, 9.17) is 0 Å². The molecular weight excluding hydrogens is 322 g/mol. The Labute approximate surface area is 147 Å². The van der Waals surface area contributed by atoms with Gasteiger partial charge in [-0.2, -0.15) is 0 Å². The molecule has 5 nitrogen and oxygen atoms in total. The Morgan fingerprint density at radius 1 is 1.33 bits per heavy atom. The van der Waals surface area contributed by atoms with Crippen LogP contribution in [0.15, 0.2) is 12.7 Å². The first-order chi connectivity index (χ1) is 11.7. The van der Waals surface area contributed by atoms with Crippen LogP contribution in [0, 0.1) is 0 Å². The molecule has 1 aromatic heterocycles. The van der Waals surface area contributed by atoms with Crippen molar-refractivity contribution in [1.82, 2.24) is 10.2 Å². The third kappa shape index (κ3) is 3.26. The van der Waals surface area contributed by atoms with Crippen molar-refractivity contribution in [1.29, 1.82) is 0 Å². The predicted octanol–water partition coefficient (Wildman–Crippen LogP) is 2.58. The summed E-state index contributed by atoms with van der Waals surface area (Å²) in [6, 6.07) is -0.125. The van der Waals surface area contributed by atoms with Gasteiger partial charge in [-0.25, -0.2) is 0 Å². The smallest absolute Gasteiger partial charge is 0.254 e. The zero-order valence-corrected chi connectivity index (χ0v) is 15.0. The summed E-state index contributed by atoms with van der Waals surface area (Å²) in [4.78, 5) is 28.5. The molecule has 130 valence electrons. The number of fused-ring (bicyclic) bond motifs is 1. The monoisotopic (exact) mass is 347 g/mol. The second kappa shape index (κ2) is 7.49. The molecule has 1 aliphatic carbocycles. The van der Waals surface area contributed by atoms with Gasteiger partial charge in [0.25, 0.3) is 5.91 Å². The van der Waals surface area contributed by atoms with E-state index in [0.29, 0.717) is 5.56 Å². The van der Waals surface area contributed by atoms with Crippen LogP contribution < -0.4 is 10.6 Å². The van der Waals surface area contributed by atoms with E-state index in [1.807, 2.05) is 6.08 Å². The molecule has 1 fully saturated rings. The molecule has 2 amide bonds. The zero-order chi connectivity index (χ0) is 17.1. The highest BCUT2D eigenvalue weighted by atomic mass is 32.1. The van der Waals surface area contributed by atoms with Crippen LogP contribution in [0.5, 0.6) is 0 Å². The second-order valence-electron chi connectivity index (χ2n) is 6.43. The van der Waals surface area contributed by atoms with Crippen LogP contribution in [-0.2, 0) is 17.6 Å². The molecule has 24 heavy (non-hydrogen) atoms. The van der Waals surface area contributed by atoms with Crippen molar-refractivity contribution in [2.24, 2.45) is 0 Å². The SMILES string of the molecule is C=CCN1CCC[C@@H]1C(=O)Nc1sc2c(c1C(=O)NC)CCCC2. The summed E-state index contributed by atoms with van der Waals surface area (Å²) in [5.41, 5.74) is 1.81. The lowest BCUT2D eigenvalue weighted by Crippen LogP contribution is -2.39. The first-order valence-corrected chi connectivity index (χ1v) is 9.49. The molecule has 6 heteroatoms. The Morgan fingerprint density at radius 3 is 2.88 bits per heavy atom. The van der Waals surface area contributed by atoms with Gasteiger partial charge in [-0.1, -0.05) is 6.08 Å². The van der Waals surface area contributed by atoms with Crippen LogP contribution >= 0.6 is 11.3 Å². The lowest BCUT2D eigenvalue weighted by Gasteiger charge is -2.22. The number of anilines is 1. The number of aryl methyl sites for hydroxylation is 1. The van der Waals surface area contributed by atoms with E-state index in [1.54, 1.807) is 18.4 Å². The van der Waals surface area contributed by atoms with E-state index in [9.17, 15) is 9.59 Å². The van der Waals surface area contributed by atoms with Gasteiger partial charge in [0, 0.05) is 18.5 Å². The molecule has 0 saturated carbocycles. The molecular formula is C18H25N3O2S. The fourth-order valence-corrected chi connectivity index (χ4v) is 5.01. The fraction of sp³-hybridized carbons (Fsp3) is 0.556.